The predicted molar refractivity (Wildman–Crippen MR) is 43.8 cm³/mol. The smallest absolute Gasteiger partial charge is 0.329 e. The minimum absolute atomic E-state index is 0.684. The maximum absolute atomic E-state index is 10.2. The summed E-state index contributed by atoms with van der Waals surface area (Å²) >= 11 is 0. The van der Waals surface area contributed by atoms with Crippen LogP contribution in [0.15, 0.2) is 12.3 Å². The van der Waals surface area contributed by atoms with Crippen molar-refractivity contribution in [2.75, 3.05) is 26.3 Å². The van der Waals surface area contributed by atoms with Gasteiger partial charge in [0.25, 0.3) is 0 Å². The van der Waals surface area contributed by atoms with Crippen molar-refractivity contribution in [1.82, 2.24) is 4.90 Å². The van der Waals surface area contributed by atoms with Crippen LogP contribution in [0, 0.1) is 0 Å². The first kappa shape index (κ1) is 9.06. The molecule has 0 aliphatic carbocycles. The van der Waals surface area contributed by atoms with E-state index >= 15 is 0 Å². The number of hydrogen-bond acceptors (Lipinski definition) is 3. The Hall–Kier alpha value is -1.03. The molecule has 1 aliphatic heterocycles. The molecule has 0 atom stereocenters. The fraction of sp³-hybridized carbons (Fsp3) is 0.625. The van der Waals surface area contributed by atoms with Crippen molar-refractivity contribution in [3.05, 3.63) is 12.3 Å². The van der Waals surface area contributed by atoms with E-state index in [0.717, 1.165) is 32.2 Å². The quantitative estimate of drug-likeness (QED) is 0.607. The number of nitrogens with zero attached hydrogens (tertiary/aromatic N) is 1. The molecule has 0 aromatic heterocycles. The highest BCUT2D eigenvalue weighted by molar-refractivity contribution is 5.79. The average molecular weight is 171 g/mol. The molecular weight excluding hydrogens is 158 g/mol. The summed E-state index contributed by atoms with van der Waals surface area (Å²) in [5, 5.41) is 8.37. The summed E-state index contributed by atoms with van der Waals surface area (Å²) < 4.78 is 5.21. The maximum Gasteiger partial charge on any atom is 0.329 e. The van der Waals surface area contributed by atoms with E-state index in [4.69, 9.17) is 9.84 Å². The predicted octanol–water partition coefficient (Wildman–Crippen LogP) is 0.307. The topological polar surface area (TPSA) is 49.8 Å². The number of aliphatic carboxylic acids is 1. The van der Waals surface area contributed by atoms with Crippen LogP contribution in [0.5, 0.6) is 0 Å². The summed E-state index contributed by atoms with van der Waals surface area (Å²) in [4.78, 5) is 12.1. The molecule has 1 heterocycles. The molecule has 0 unspecified atom stereocenters. The van der Waals surface area contributed by atoms with E-state index in [9.17, 15) is 4.79 Å². The van der Waals surface area contributed by atoms with Gasteiger partial charge in [-0.2, -0.15) is 0 Å². The first-order chi connectivity index (χ1) is 5.79. The van der Waals surface area contributed by atoms with Crippen molar-refractivity contribution in [3.8, 4) is 0 Å². The molecule has 68 valence electrons. The van der Waals surface area contributed by atoms with Crippen molar-refractivity contribution < 1.29 is 14.6 Å². The van der Waals surface area contributed by atoms with Crippen LogP contribution in [-0.4, -0.2) is 42.3 Å². The van der Waals surface area contributed by atoms with E-state index in [1.807, 2.05) is 4.90 Å². The van der Waals surface area contributed by atoms with Crippen molar-refractivity contribution in [2.24, 2.45) is 0 Å². The Kier molecular flexibility index (Phi) is 3.60. The molecule has 1 N–H and O–H groups in total. The van der Waals surface area contributed by atoms with Gasteiger partial charge < -0.3 is 14.7 Å². The highest BCUT2D eigenvalue weighted by Gasteiger charge is 2.04. The number of hydrogen-bond donors (Lipinski definition) is 1. The van der Waals surface area contributed by atoms with Gasteiger partial charge in [-0.25, -0.2) is 4.79 Å². The van der Waals surface area contributed by atoms with Gasteiger partial charge in [0, 0.05) is 32.0 Å². The lowest BCUT2D eigenvalue weighted by molar-refractivity contribution is -0.131. The highest BCUT2D eigenvalue weighted by Crippen LogP contribution is 1.98. The van der Waals surface area contributed by atoms with Gasteiger partial charge in [0.2, 0.25) is 0 Å². The molecule has 12 heavy (non-hydrogen) atoms. The van der Waals surface area contributed by atoms with Crippen molar-refractivity contribution in [2.45, 2.75) is 6.42 Å². The normalized spacial score (nSPS) is 19.5. The Morgan fingerprint density at radius 3 is 3.00 bits per heavy atom. The van der Waals surface area contributed by atoms with Gasteiger partial charge in [-0.05, 0) is 6.42 Å². The molecule has 1 rings (SSSR count). The van der Waals surface area contributed by atoms with Gasteiger partial charge in [-0.3, -0.25) is 0 Å². The summed E-state index contributed by atoms with van der Waals surface area (Å²) in [5.74, 6) is -0.903. The zero-order chi connectivity index (χ0) is 8.81. The van der Waals surface area contributed by atoms with Crippen LogP contribution in [0.25, 0.3) is 0 Å². The van der Waals surface area contributed by atoms with Gasteiger partial charge >= 0.3 is 5.97 Å². The van der Waals surface area contributed by atoms with Gasteiger partial charge in [0.1, 0.15) is 0 Å². The number of carboxylic acid groups (broad SMARTS) is 1. The fourth-order valence-corrected chi connectivity index (χ4v) is 1.08. The second-order valence-corrected chi connectivity index (χ2v) is 2.66. The number of carboxylic acids is 1. The number of carbonyl (C=O) groups is 1. The van der Waals surface area contributed by atoms with Gasteiger partial charge in [-0.1, -0.05) is 0 Å². The minimum atomic E-state index is -0.903. The summed E-state index contributed by atoms with van der Waals surface area (Å²) in [6, 6.07) is 0. The molecule has 0 saturated carbocycles. The monoisotopic (exact) mass is 171 g/mol. The molecule has 0 bridgehead atoms. The van der Waals surface area contributed by atoms with E-state index in [1.165, 1.54) is 0 Å². The molecule has 1 fully saturated rings. The van der Waals surface area contributed by atoms with Crippen LogP contribution in [0.2, 0.25) is 0 Å². The Labute approximate surface area is 71.4 Å². The molecule has 4 heteroatoms. The summed E-state index contributed by atoms with van der Waals surface area (Å²) in [6.45, 7) is 3.12. The zero-order valence-electron chi connectivity index (χ0n) is 6.90. The molecule has 0 spiro atoms. The average Bonchev–Trinajstić information content (AvgIpc) is 2.28. The van der Waals surface area contributed by atoms with Gasteiger partial charge in [-0.15, -0.1) is 0 Å². The number of ether oxygens (including phenoxy) is 1. The second kappa shape index (κ2) is 4.77. The van der Waals surface area contributed by atoms with Crippen LogP contribution in [0.1, 0.15) is 6.42 Å². The van der Waals surface area contributed by atoms with Crippen LogP contribution < -0.4 is 0 Å². The van der Waals surface area contributed by atoms with E-state index in [-0.39, 0.29) is 0 Å². The molecule has 0 radical (unpaired) electrons. The minimum Gasteiger partial charge on any atom is -0.478 e. The summed E-state index contributed by atoms with van der Waals surface area (Å²) in [7, 11) is 0. The molecule has 1 aliphatic rings. The maximum atomic E-state index is 10.2. The Bertz CT molecular complexity index is 171. The van der Waals surface area contributed by atoms with E-state index in [0.29, 0.717) is 6.61 Å². The molecule has 0 aromatic rings. The SMILES string of the molecule is O=C(O)C=CN1CCCOCC1. The first-order valence-electron chi connectivity index (χ1n) is 4.02. The van der Waals surface area contributed by atoms with Gasteiger partial charge in [0.05, 0.1) is 6.61 Å². The third-order valence-corrected chi connectivity index (χ3v) is 1.68. The molecule has 4 nitrogen and oxygen atoms in total. The number of rotatable bonds is 2. The van der Waals surface area contributed by atoms with Crippen LogP contribution >= 0.6 is 0 Å². The fourth-order valence-electron chi connectivity index (χ4n) is 1.08. The molecular formula is C8H13NO3. The Morgan fingerprint density at radius 2 is 2.25 bits per heavy atom. The van der Waals surface area contributed by atoms with E-state index in [2.05, 4.69) is 0 Å². The highest BCUT2D eigenvalue weighted by atomic mass is 16.5. The van der Waals surface area contributed by atoms with Crippen molar-refractivity contribution in [1.29, 1.82) is 0 Å². The standard InChI is InChI=1S/C8H13NO3/c10-8(11)2-4-9-3-1-6-12-7-5-9/h2,4H,1,3,5-7H2,(H,10,11). The van der Waals surface area contributed by atoms with E-state index < -0.39 is 5.97 Å². The lowest BCUT2D eigenvalue weighted by atomic mass is 10.4. The zero-order valence-corrected chi connectivity index (χ0v) is 6.90. The first-order valence-corrected chi connectivity index (χ1v) is 4.02. The largest absolute Gasteiger partial charge is 0.478 e. The van der Waals surface area contributed by atoms with E-state index in [1.54, 1.807) is 6.20 Å². The third-order valence-electron chi connectivity index (χ3n) is 1.68. The lowest BCUT2D eigenvalue weighted by Gasteiger charge is -2.15. The van der Waals surface area contributed by atoms with Gasteiger partial charge in [0.15, 0.2) is 0 Å². The Balaban J connectivity index is 2.34. The third kappa shape index (κ3) is 3.39. The molecule has 0 aromatic carbocycles. The Morgan fingerprint density at radius 1 is 1.42 bits per heavy atom. The van der Waals surface area contributed by atoms with Crippen molar-refractivity contribution in [3.63, 3.8) is 0 Å². The summed E-state index contributed by atoms with van der Waals surface area (Å²) in [6.07, 6.45) is 3.73. The lowest BCUT2D eigenvalue weighted by Crippen LogP contribution is -2.20. The van der Waals surface area contributed by atoms with Crippen LogP contribution in [0.4, 0.5) is 0 Å². The van der Waals surface area contributed by atoms with Crippen LogP contribution in [0.3, 0.4) is 0 Å². The second-order valence-electron chi connectivity index (χ2n) is 2.66. The van der Waals surface area contributed by atoms with Crippen LogP contribution in [-0.2, 0) is 9.53 Å². The molecule has 0 amide bonds. The van der Waals surface area contributed by atoms with Crippen molar-refractivity contribution >= 4 is 5.97 Å². The molecule has 1 saturated heterocycles. The summed E-state index contributed by atoms with van der Waals surface area (Å²) in [5.41, 5.74) is 0.